The van der Waals surface area contributed by atoms with Crippen LogP contribution in [0.2, 0.25) is 0 Å². The molecule has 0 aliphatic heterocycles. The summed E-state index contributed by atoms with van der Waals surface area (Å²) in [5, 5.41) is 3.61. The first kappa shape index (κ1) is 16.6. The molecule has 0 saturated carbocycles. The highest BCUT2D eigenvalue weighted by atomic mass is 16.1. The summed E-state index contributed by atoms with van der Waals surface area (Å²) in [6, 6.07) is 15.0. The van der Waals surface area contributed by atoms with E-state index >= 15 is 0 Å². The molecule has 6 heteroatoms. The van der Waals surface area contributed by atoms with E-state index in [1.807, 2.05) is 25.1 Å². The van der Waals surface area contributed by atoms with Crippen molar-refractivity contribution in [3.63, 3.8) is 0 Å². The number of amides is 1. The highest BCUT2D eigenvalue weighted by Gasteiger charge is 2.12. The van der Waals surface area contributed by atoms with E-state index in [2.05, 4.69) is 33.3 Å². The largest absolute Gasteiger partial charge is 0.354 e. The van der Waals surface area contributed by atoms with Crippen LogP contribution in [0.4, 0.5) is 5.95 Å². The highest BCUT2D eigenvalue weighted by Crippen LogP contribution is 2.17. The molecular formula is C19H20N5O+. The average molecular weight is 334 g/mol. The van der Waals surface area contributed by atoms with Gasteiger partial charge in [-0.05, 0) is 43.2 Å². The first-order valence-electron chi connectivity index (χ1n) is 8.10. The van der Waals surface area contributed by atoms with Gasteiger partial charge in [-0.15, -0.1) is 9.97 Å². The van der Waals surface area contributed by atoms with Crippen molar-refractivity contribution in [1.29, 1.82) is 0 Å². The lowest BCUT2D eigenvalue weighted by molar-refractivity contribution is -0.367. The first-order valence-corrected chi connectivity index (χ1v) is 8.10. The van der Waals surface area contributed by atoms with Gasteiger partial charge in [0.25, 0.3) is 11.9 Å². The van der Waals surface area contributed by atoms with Crippen LogP contribution in [-0.2, 0) is 6.42 Å². The van der Waals surface area contributed by atoms with Gasteiger partial charge in [-0.1, -0.05) is 31.2 Å². The molecule has 25 heavy (non-hydrogen) atoms. The van der Waals surface area contributed by atoms with E-state index in [-0.39, 0.29) is 11.9 Å². The Labute approximate surface area is 145 Å². The van der Waals surface area contributed by atoms with Gasteiger partial charge in [0.05, 0.1) is 5.69 Å². The number of nitrogens with two attached hydrogens (primary N) is 1. The van der Waals surface area contributed by atoms with Gasteiger partial charge in [0.2, 0.25) is 0 Å². The minimum atomic E-state index is -0.296. The van der Waals surface area contributed by atoms with Crippen molar-refractivity contribution in [3.05, 3.63) is 65.4 Å². The summed E-state index contributed by atoms with van der Waals surface area (Å²) in [6.45, 7) is 4.03. The second-order valence-corrected chi connectivity index (χ2v) is 5.70. The van der Waals surface area contributed by atoms with Crippen LogP contribution >= 0.6 is 0 Å². The van der Waals surface area contributed by atoms with Crippen LogP contribution in [0, 0.1) is 6.92 Å². The molecule has 0 atom stereocenters. The molecule has 6 nitrogen and oxygen atoms in total. The second kappa shape index (κ2) is 7.09. The molecule has 0 radical (unpaired) electrons. The van der Waals surface area contributed by atoms with E-state index in [4.69, 9.17) is 5.73 Å². The Morgan fingerprint density at radius 2 is 1.92 bits per heavy atom. The van der Waals surface area contributed by atoms with Crippen molar-refractivity contribution in [1.82, 2.24) is 15.3 Å². The molecule has 0 unspecified atom stereocenters. The predicted octanol–water partition coefficient (Wildman–Crippen LogP) is 0.957. The zero-order valence-electron chi connectivity index (χ0n) is 14.2. The predicted molar refractivity (Wildman–Crippen MR) is 97.4 cm³/mol. The number of nitrogens with one attached hydrogen (secondary N) is 2. The van der Waals surface area contributed by atoms with E-state index in [9.17, 15) is 4.79 Å². The van der Waals surface area contributed by atoms with E-state index in [1.165, 1.54) is 5.56 Å². The topological polar surface area (TPSA) is 94.9 Å². The van der Waals surface area contributed by atoms with Crippen molar-refractivity contribution in [2.75, 3.05) is 0 Å². The molecule has 0 spiro atoms. The van der Waals surface area contributed by atoms with Gasteiger partial charge in [0.15, 0.2) is 0 Å². The molecule has 0 aliphatic rings. The Morgan fingerprint density at radius 1 is 1.16 bits per heavy atom. The van der Waals surface area contributed by atoms with Crippen LogP contribution in [0.5, 0.6) is 0 Å². The fourth-order valence-electron chi connectivity index (χ4n) is 2.54. The van der Waals surface area contributed by atoms with Gasteiger partial charge in [0.1, 0.15) is 5.52 Å². The van der Waals surface area contributed by atoms with Crippen LogP contribution in [0.1, 0.15) is 28.5 Å². The summed E-state index contributed by atoms with van der Waals surface area (Å²) < 4.78 is 0. The van der Waals surface area contributed by atoms with Gasteiger partial charge in [-0.25, -0.2) is 10.3 Å². The van der Waals surface area contributed by atoms with Crippen molar-refractivity contribution in [3.8, 4) is 0 Å². The second-order valence-electron chi connectivity index (χ2n) is 5.70. The van der Waals surface area contributed by atoms with Crippen LogP contribution in [0.3, 0.4) is 0 Å². The minimum Gasteiger partial charge on any atom is -0.322 e. The summed E-state index contributed by atoms with van der Waals surface area (Å²) in [7, 11) is 0. The molecule has 0 fully saturated rings. The lowest BCUT2D eigenvalue weighted by Crippen LogP contribution is -2.75. The number of carbonyl (C=O) groups excluding carboxylic acids is 1. The number of guanidine groups is 1. The maximum absolute atomic E-state index is 12.1. The number of fused-ring (bicyclic) bond motifs is 1. The van der Waals surface area contributed by atoms with E-state index < -0.39 is 0 Å². The minimum absolute atomic E-state index is 0.0813. The summed E-state index contributed by atoms with van der Waals surface area (Å²) in [5.74, 6) is 0.133. The average Bonchev–Trinajstić information content (AvgIpc) is 2.62. The summed E-state index contributed by atoms with van der Waals surface area (Å²) in [5.41, 5.74) is 9.32. The molecular weight excluding hydrogens is 314 g/mol. The van der Waals surface area contributed by atoms with Crippen molar-refractivity contribution in [2.24, 2.45) is 5.73 Å². The fourth-order valence-corrected chi connectivity index (χ4v) is 2.54. The highest BCUT2D eigenvalue weighted by molar-refractivity contribution is 6.03. The lowest BCUT2D eigenvalue weighted by Gasteiger charge is -2.03. The first-order chi connectivity index (χ1) is 12.1. The number of nitrogens with zero attached hydrogens (tertiary/aromatic N) is 2. The van der Waals surface area contributed by atoms with Gasteiger partial charge < -0.3 is 5.73 Å². The molecule has 2 aromatic carbocycles. The van der Waals surface area contributed by atoms with Crippen molar-refractivity contribution < 1.29 is 9.79 Å². The number of aryl methyl sites for hydroxylation is 2. The number of benzene rings is 2. The van der Waals surface area contributed by atoms with Gasteiger partial charge in [0, 0.05) is 10.9 Å². The van der Waals surface area contributed by atoms with Gasteiger partial charge in [-0.3, -0.25) is 4.79 Å². The van der Waals surface area contributed by atoms with Crippen molar-refractivity contribution in [2.45, 2.75) is 20.3 Å². The zero-order valence-corrected chi connectivity index (χ0v) is 14.2. The maximum Gasteiger partial charge on any atom is 0.354 e. The number of rotatable bonds is 3. The number of hydrogen-bond acceptors (Lipinski definition) is 3. The quantitative estimate of drug-likeness (QED) is 0.491. The van der Waals surface area contributed by atoms with E-state index in [0.29, 0.717) is 11.5 Å². The fraction of sp³-hybridized carbons (Fsp3) is 0.158. The monoisotopic (exact) mass is 334 g/mol. The Bertz CT molecular complexity index is 951. The molecule has 4 N–H and O–H groups in total. The van der Waals surface area contributed by atoms with Crippen molar-refractivity contribution >= 4 is 28.7 Å². The van der Waals surface area contributed by atoms with Crippen LogP contribution in [-0.4, -0.2) is 21.8 Å². The standard InChI is InChI=1S/C19H19N5O/c1-3-13-9-10-16-15(11-13)12(2)21-19(22-16)24-18(20)23-17(25)14-7-5-4-6-8-14/h4-11H,3H2,1-2H3,(H3,20,21,22,23,24,25)/p+1. The normalized spacial score (nSPS) is 11.5. The SMILES string of the molecule is CCc1ccc2nc(/[NH+]=C(\N)NC(=O)c3ccccc3)nc(C)c2c1. The Balaban J connectivity index is 1.86. The van der Waals surface area contributed by atoms with Crippen LogP contribution in [0.25, 0.3) is 10.9 Å². The molecule has 0 bridgehead atoms. The Kier molecular flexibility index (Phi) is 4.70. The number of carbonyl (C=O) groups is 1. The van der Waals surface area contributed by atoms with E-state index in [1.54, 1.807) is 24.3 Å². The molecule has 0 saturated heterocycles. The smallest absolute Gasteiger partial charge is 0.322 e. The summed E-state index contributed by atoms with van der Waals surface area (Å²) in [6.07, 6.45) is 0.960. The van der Waals surface area contributed by atoms with Gasteiger partial charge in [-0.2, -0.15) is 0 Å². The Hall–Kier alpha value is -3.28. The molecule has 1 aromatic heterocycles. The zero-order chi connectivity index (χ0) is 17.8. The molecule has 126 valence electrons. The third kappa shape index (κ3) is 3.80. The number of hydrogen-bond donors (Lipinski definition) is 3. The summed E-state index contributed by atoms with van der Waals surface area (Å²) in [4.78, 5) is 23.8. The molecule has 0 aliphatic carbocycles. The molecule has 1 amide bonds. The molecule has 3 aromatic rings. The molecule has 1 heterocycles. The maximum atomic E-state index is 12.1. The Morgan fingerprint density at radius 3 is 2.64 bits per heavy atom. The molecule has 3 rings (SSSR count). The van der Waals surface area contributed by atoms with Crippen LogP contribution in [0.15, 0.2) is 48.5 Å². The lowest BCUT2D eigenvalue weighted by atomic mass is 10.1. The summed E-state index contributed by atoms with van der Waals surface area (Å²) >= 11 is 0. The third-order valence-electron chi connectivity index (χ3n) is 3.89. The van der Waals surface area contributed by atoms with Gasteiger partial charge >= 0.3 is 5.95 Å². The number of aromatic nitrogens is 2. The third-order valence-corrected chi connectivity index (χ3v) is 3.89. The van der Waals surface area contributed by atoms with E-state index in [0.717, 1.165) is 23.0 Å². The van der Waals surface area contributed by atoms with Crippen LogP contribution < -0.4 is 16.0 Å².